The Morgan fingerprint density at radius 3 is 2.50 bits per heavy atom. The highest BCUT2D eigenvalue weighted by Crippen LogP contribution is 2.32. The Bertz CT molecular complexity index is 1280. The molecule has 0 aliphatic carbocycles. The topological polar surface area (TPSA) is 75.0 Å². The summed E-state index contributed by atoms with van der Waals surface area (Å²) in [6.45, 7) is 11.8. The van der Waals surface area contributed by atoms with Crippen molar-refractivity contribution in [2.24, 2.45) is 5.41 Å². The molecule has 0 aliphatic heterocycles. The number of aryl methyl sites for hydroxylation is 1. The molecule has 0 bridgehead atoms. The van der Waals surface area contributed by atoms with Crippen molar-refractivity contribution in [3.63, 3.8) is 0 Å². The number of fused-ring (bicyclic) bond motifs is 1. The second kappa shape index (κ2) is 11.9. The van der Waals surface area contributed by atoms with E-state index in [1.807, 2.05) is 50.2 Å². The van der Waals surface area contributed by atoms with E-state index in [2.05, 4.69) is 13.5 Å². The molecule has 36 heavy (non-hydrogen) atoms. The van der Waals surface area contributed by atoms with Crippen LogP contribution in [-0.4, -0.2) is 26.3 Å². The largest absolute Gasteiger partial charge is 0.496 e. The molecule has 2 aromatic carbocycles. The van der Waals surface area contributed by atoms with Crippen molar-refractivity contribution in [1.82, 2.24) is 0 Å². The molecule has 0 amide bonds. The molecule has 0 fully saturated rings. The van der Waals surface area contributed by atoms with E-state index < -0.39 is 17.0 Å². The molecule has 6 heteroatoms. The fraction of sp³-hybridized carbons (Fsp3) is 0.400. The van der Waals surface area contributed by atoms with Crippen molar-refractivity contribution in [2.45, 2.75) is 53.4 Å². The summed E-state index contributed by atoms with van der Waals surface area (Å²) in [6, 6.07) is 13.2. The third-order valence-electron chi connectivity index (χ3n) is 5.90. The number of esters is 1. The molecule has 3 rings (SSSR count). The SMILES string of the molecule is C=C(C)C(=O)OCC(C)(C)COc1ccc2cc(-c3ccc(CCCCC)cc3OC)c(=O)oc2c1. The summed E-state index contributed by atoms with van der Waals surface area (Å²) in [7, 11) is 1.61. The summed E-state index contributed by atoms with van der Waals surface area (Å²) in [5.41, 5.74) is 2.29. The molecule has 6 nitrogen and oxygen atoms in total. The minimum atomic E-state index is -0.441. The fourth-order valence-corrected chi connectivity index (χ4v) is 3.77. The molecule has 0 saturated carbocycles. The van der Waals surface area contributed by atoms with Crippen molar-refractivity contribution in [1.29, 1.82) is 0 Å². The predicted molar refractivity (Wildman–Crippen MR) is 143 cm³/mol. The van der Waals surface area contributed by atoms with Crippen molar-refractivity contribution >= 4 is 16.9 Å². The van der Waals surface area contributed by atoms with Crippen LogP contribution in [0.5, 0.6) is 11.5 Å². The zero-order valence-corrected chi connectivity index (χ0v) is 21.9. The van der Waals surface area contributed by atoms with Gasteiger partial charge in [0.15, 0.2) is 0 Å². The summed E-state index contributed by atoms with van der Waals surface area (Å²) in [5.74, 6) is 0.797. The van der Waals surface area contributed by atoms with Crippen LogP contribution < -0.4 is 15.1 Å². The fourth-order valence-electron chi connectivity index (χ4n) is 3.77. The number of carbonyl (C=O) groups excluding carboxylic acids is 1. The van der Waals surface area contributed by atoms with Gasteiger partial charge in [-0.25, -0.2) is 9.59 Å². The number of benzene rings is 2. The van der Waals surface area contributed by atoms with Crippen LogP contribution in [0.25, 0.3) is 22.1 Å². The van der Waals surface area contributed by atoms with Crippen LogP contribution in [0.3, 0.4) is 0 Å². The zero-order chi connectivity index (χ0) is 26.3. The maximum absolute atomic E-state index is 12.9. The number of unbranched alkanes of at least 4 members (excludes halogenated alkanes) is 2. The van der Waals surface area contributed by atoms with E-state index in [9.17, 15) is 9.59 Å². The highest BCUT2D eigenvalue weighted by atomic mass is 16.5. The Balaban J connectivity index is 1.78. The van der Waals surface area contributed by atoms with Gasteiger partial charge in [-0.05, 0) is 49.6 Å². The third kappa shape index (κ3) is 7.00. The minimum absolute atomic E-state index is 0.198. The van der Waals surface area contributed by atoms with Crippen molar-refractivity contribution < 1.29 is 23.4 Å². The van der Waals surface area contributed by atoms with Crippen molar-refractivity contribution in [2.75, 3.05) is 20.3 Å². The standard InChI is InChI=1S/C30H36O6/c1-7-8-9-10-21-11-14-24(27(15-21)33-6)25-16-22-12-13-23(17-26(22)36-29(25)32)34-18-30(4,5)19-35-28(31)20(2)3/h11-17H,2,7-10,18-19H2,1,3-6H3. The molecule has 0 saturated heterocycles. The first kappa shape index (κ1) is 27.1. The Labute approximate surface area is 212 Å². The summed E-state index contributed by atoms with van der Waals surface area (Å²) in [6.07, 6.45) is 4.46. The average molecular weight is 493 g/mol. The quantitative estimate of drug-likeness (QED) is 0.121. The Morgan fingerprint density at radius 2 is 1.81 bits per heavy atom. The summed E-state index contributed by atoms with van der Waals surface area (Å²) in [4.78, 5) is 24.6. The van der Waals surface area contributed by atoms with Crippen molar-refractivity contribution in [3.8, 4) is 22.6 Å². The first-order valence-electron chi connectivity index (χ1n) is 12.3. The second-order valence-corrected chi connectivity index (χ2v) is 9.95. The predicted octanol–water partition coefficient (Wildman–Crippen LogP) is 6.73. The summed E-state index contributed by atoms with van der Waals surface area (Å²) in [5, 5.41) is 0.778. The Kier molecular flexibility index (Phi) is 8.97. The van der Waals surface area contributed by atoms with Gasteiger partial charge in [0.2, 0.25) is 0 Å². The van der Waals surface area contributed by atoms with E-state index in [4.69, 9.17) is 18.6 Å². The van der Waals surface area contributed by atoms with Crippen LogP contribution in [0.15, 0.2) is 63.8 Å². The smallest absolute Gasteiger partial charge is 0.344 e. The van der Waals surface area contributed by atoms with Gasteiger partial charge in [0.05, 0.1) is 25.9 Å². The average Bonchev–Trinajstić information content (AvgIpc) is 2.85. The Hall–Kier alpha value is -3.54. The normalized spacial score (nSPS) is 11.4. The van der Waals surface area contributed by atoms with Crippen LogP contribution in [0.4, 0.5) is 0 Å². The van der Waals surface area contributed by atoms with Crippen molar-refractivity contribution in [3.05, 3.63) is 70.6 Å². The van der Waals surface area contributed by atoms with Gasteiger partial charge in [-0.2, -0.15) is 0 Å². The van der Waals surface area contributed by atoms with Crippen LogP contribution >= 0.6 is 0 Å². The molecule has 0 aliphatic rings. The van der Waals surface area contributed by atoms with E-state index in [-0.39, 0.29) is 6.61 Å². The molecule has 3 aromatic rings. The lowest BCUT2D eigenvalue weighted by Crippen LogP contribution is -2.28. The van der Waals surface area contributed by atoms with E-state index >= 15 is 0 Å². The van der Waals surface area contributed by atoms with Crippen LogP contribution in [0.1, 0.15) is 52.5 Å². The number of ether oxygens (including phenoxy) is 3. The second-order valence-electron chi connectivity index (χ2n) is 9.95. The van der Waals surface area contributed by atoms with Gasteiger partial charge in [-0.15, -0.1) is 0 Å². The van der Waals surface area contributed by atoms with Gasteiger partial charge in [0.1, 0.15) is 17.1 Å². The van der Waals surface area contributed by atoms with Gasteiger partial charge in [-0.3, -0.25) is 0 Å². The molecule has 1 heterocycles. The highest BCUT2D eigenvalue weighted by molar-refractivity contribution is 5.87. The minimum Gasteiger partial charge on any atom is -0.496 e. The lowest BCUT2D eigenvalue weighted by Gasteiger charge is -2.24. The maximum Gasteiger partial charge on any atom is 0.344 e. The van der Waals surface area contributed by atoms with Gasteiger partial charge in [0.25, 0.3) is 0 Å². The maximum atomic E-state index is 12.9. The first-order chi connectivity index (χ1) is 17.1. The van der Waals surface area contributed by atoms with E-state index in [0.29, 0.717) is 40.4 Å². The number of methoxy groups -OCH3 is 1. The van der Waals surface area contributed by atoms with Gasteiger partial charge >= 0.3 is 11.6 Å². The molecule has 1 aromatic heterocycles. The Morgan fingerprint density at radius 1 is 1.03 bits per heavy atom. The monoisotopic (exact) mass is 492 g/mol. The number of hydrogen-bond donors (Lipinski definition) is 0. The molecular weight excluding hydrogens is 456 g/mol. The number of carbonyl (C=O) groups is 1. The lowest BCUT2D eigenvalue weighted by atomic mass is 9.96. The molecule has 0 radical (unpaired) electrons. The third-order valence-corrected chi connectivity index (χ3v) is 5.90. The van der Waals surface area contributed by atoms with Crippen LogP contribution in [0, 0.1) is 5.41 Å². The highest BCUT2D eigenvalue weighted by Gasteiger charge is 2.22. The van der Waals surface area contributed by atoms with E-state index in [0.717, 1.165) is 18.2 Å². The van der Waals surface area contributed by atoms with Gasteiger partial charge in [-0.1, -0.05) is 52.3 Å². The number of rotatable bonds is 12. The molecule has 0 unspecified atom stereocenters. The molecule has 0 spiro atoms. The van der Waals surface area contributed by atoms with Crippen LogP contribution in [-0.2, 0) is 16.0 Å². The molecule has 0 atom stereocenters. The first-order valence-corrected chi connectivity index (χ1v) is 12.3. The zero-order valence-electron chi connectivity index (χ0n) is 21.9. The van der Waals surface area contributed by atoms with Gasteiger partial charge in [0, 0.05) is 28.0 Å². The molecule has 0 N–H and O–H groups in total. The molecular formula is C30H36O6. The summed E-state index contributed by atoms with van der Waals surface area (Å²) >= 11 is 0. The van der Waals surface area contributed by atoms with Gasteiger partial charge < -0.3 is 18.6 Å². The number of hydrogen-bond acceptors (Lipinski definition) is 6. The molecule has 192 valence electrons. The van der Waals surface area contributed by atoms with E-state index in [1.54, 1.807) is 20.1 Å². The lowest BCUT2D eigenvalue weighted by molar-refractivity contribution is -0.142. The van der Waals surface area contributed by atoms with E-state index in [1.165, 1.54) is 18.4 Å². The van der Waals surface area contributed by atoms with Crippen LogP contribution in [0.2, 0.25) is 0 Å². The summed E-state index contributed by atoms with van der Waals surface area (Å²) < 4.78 is 22.5.